The highest BCUT2D eigenvalue weighted by Gasteiger charge is 2.12. The van der Waals surface area contributed by atoms with Crippen molar-refractivity contribution in [3.63, 3.8) is 0 Å². The van der Waals surface area contributed by atoms with Gasteiger partial charge in [0.1, 0.15) is 17.1 Å². The van der Waals surface area contributed by atoms with E-state index in [4.69, 9.17) is 14.6 Å². The lowest BCUT2D eigenvalue weighted by Crippen LogP contribution is -2.16. The third-order valence-electron chi connectivity index (χ3n) is 2.51. The van der Waals surface area contributed by atoms with Crippen molar-refractivity contribution in [2.24, 2.45) is 0 Å². The number of carbonyl (C=O) groups excluding carboxylic acids is 3. The molecule has 7 nitrogen and oxygen atoms in total. The molecule has 2 N–H and O–H groups in total. The number of aliphatic carboxylic acids is 1. The highest BCUT2D eigenvalue weighted by Crippen LogP contribution is 2.20. The predicted molar refractivity (Wildman–Crippen MR) is 84.5 cm³/mol. The summed E-state index contributed by atoms with van der Waals surface area (Å²) in [5.74, 6) is -1.71. The third kappa shape index (κ3) is 6.61. The molecule has 0 unspecified atom stereocenters. The first-order valence-corrected chi connectivity index (χ1v) is 6.85. The number of aromatic hydroxyl groups is 1. The summed E-state index contributed by atoms with van der Waals surface area (Å²) in [6.07, 6.45) is 0. The lowest BCUT2D eigenvalue weighted by Gasteiger charge is -2.07. The van der Waals surface area contributed by atoms with E-state index in [-0.39, 0.29) is 17.2 Å². The third-order valence-corrected chi connectivity index (χ3v) is 2.51. The molecule has 0 aliphatic heterocycles. The molecule has 0 fully saturated rings. The van der Waals surface area contributed by atoms with E-state index in [1.54, 1.807) is 36.4 Å². The Hall–Kier alpha value is -3.35. The molecule has 0 bridgehead atoms. The van der Waals surface area contributed by atoms with Crippen LogP contribution in [-0.2, 0) is 9.59 Å². The molecule has 1 amide bonds. The maximum atomic E-state index is 11.8. The molecular weight excluding hydrogens is 314 g/mol. The number of phenols is 1. The number of amides is 1. The summed E-state index contributed by atoms with van der Waals surface area (Å²) in [4.78, 5) is 31.6. The molecule has 24 heavy (non-hydrogen) atoms. The van der Waals surface area contributed by atoms with Crippen molar-refractivity contribution >= 4 is 23.5 Å². The van der Waals surface area contributed by atoms with Crippen LogP contribution in [0.4, 0.5) is 5.69 Å². The zero-order valence-electron chi connectivity index (χ0n) is 13.1. The van der Waals surface area contributed by atoms with Gasteiger partial charge in [0.25, 0.3) is 0 Å². The Labute approximate surface area is 138 Å². The number of nitrogens with one attached hydrogen (secondary N) is 1. The van der Waals surface area contributed by atoms with Crippen LogP contribution in [0.25, 0.3) is 0 Å². The molecule has 0 aliphatic rings. The van der Waals surface area contributed by atoms with E-state index < -0.39 is 11.9 Å². The summed E-state index contributed by atoms with van der Waals surface area (Å²) >= 11 is 0. The van der Waals surface area contributed by atoms with Crippen molar-refractivity contribution in [3.05, 3.63) is 54.1 Å². The summed E-state index contributed by atoms with van der Waals surface area (Å²) < 4.78 is 5.13. The van der Waals surface area contributed by atoms with Gasteiger partial charge >= 0.3 is 5.97 Å². The van der Waals surface area contributed by atoms with Gasteiger partial charge in [0.2, 0.25) is 5.91 Å². The maximum absolute atomic E-state index is 11.8. The molecule has 2 rings (SSSR count). The van der Waals surface area contributed by atoms with Crippen LogP contribution in [0.3, 0.4) is 0 Å². The maximum Gasteiger partial charge on any atom is 0.347 e. The standard InChI is InChI=1S/C15H13NO4.C2H4O2/c1-10(17)16-11-6-8-12(9-7-11)20-15(19)13-4-2-3-5-14(13)18;1-2(3)4/h2-9,18H,1H3,(H,16,17);1H3,(H,3,4)/p-1. The molecular formula is C17H16NO6-. The Bertz CT molecular complexity index is 720. The predicted octanol–water partition coefficient (Wildman–Crippen LogP) is 1.33. The van der Waals surface area contributed by atoms with Gasteiger partial charge in [-0.05, 0) is 43.3 Å². The first kappa shape index (κ1) is 18.7. The first-order chi connectivity index (χ1) is 11.3. The van der Waals surface area contributed by atoms with Crippen molar-refractivity contribution in [2.45, 2.75) is 13.8 Å². The molecule has 126 valence electrons. The van der Waals surface area contributed by atoms with E-state index in [2.05, 4.69) is 5.32 Å². The number of carbonyl (C=O) groups is 3. The van der Waals surface area contributed by atoms with Crippen LogP contribution in [0.5, 0.6) is 11.5 Å². The summed E-state index contributed by atoms with van der Waals surface area (Å²) in [7, 11) is 0. The molecule has 2 aromatic rings. The summed E-state index contributed by atoms with van der Waals surface area (Å²) in [6.45, 7) is 2.38. The van der Waals surface area contributed by atoms with Gasteiger partial charge in [0.15, 0.2) is 0 Å². The SMILES string of the molecule is CC(=O)Nc1ccc(OC(=O)c2ccccc2O)cc1.CC(=O)[O-]. The number of anilines is 1. The average Bonchev–Trinajstić information content (AvgIpc) is 2.48. The zero-order valence-corrected chi connectivity index (χ0v) is 13.1. The van der Waals surface area contributed by atoms with Crippen molar-refractivity contribution in [3.8, 4) is 11.5 Å². The molecule has 2 aromatic carbocycles. The molecule has 0 radical (unpaired) electrons. The number of phenolic OH excluding ortho intramolecular Hbond substituents is 1. The second kappa shape index (κ2) is 8.94. The minimum Gasteiger partial charge on any atom is -0.550 e. The van der Waals surface area contributed by atoms with E-state index in [9.17, 15) is 14.7 Å². The smallest absolute Gasteiger partial charge is 0.347 e. The van der Waals surface area contributed by atoms with Crippen LogP contribution in [0.15, 0.2) is 48.5 Å². The van der Waals surface area contributed by atoms with Crippen LogP contribution in [0.1, 0.15) is 24.2 Å². The quantitative estimate of drug-likeness (QED) is 0.648. The van der Waals surface area contributed by atoms with Crippen LogP contribution >= 0.6 is 0 Å². The van der Waals surface area contributed by atoms with Crippen LogP contribution in [0, 0.1) is 0 Å². The van der Waals surface area contributed by atoms with Gasteiger partial charge in [-0.1, -0.05) is 12.1 Å². The summed E-state index contributed by atoms with van der Waals surface area (Å²) in [5, 5.41) is 21.0. The average molecular weight is 330 g/mol. The van der Waals surface area contributed by atoms with Gasteiger partial charge in [-0.25, -0.2) is 4.79 Å². The molecule has 0 aliphatic carbocycles. The number of hydrogen-bond acceptors (Lipinski definition) is 6. The largest absolute Gasteiger partial charge is 0.550 e. The number of carboxylic acid groups (broad SMARTS) is 1. The van der Waals surface area contributed by atoms with Crippen LogP contribution < -0.4 is 15.2 Å². The van der Waals surface area contributed by atoms with E-state index in [1.165, 1.54) is 19.1 Å². The Morgan fingerprint density at radius 3 is 2.04 bits per heavy atom. The van der Waals surface area contributed by atoms with Gasteiger partial charge < -0.3 is 25.1 Å². The molecule has 0 atom stereocenters. The van der Waals surface area contributed by atoms with Crippen molar-refractivity contribution in [1.29, 1.82) is 0 Å². The summed E-state index contributed by atoms with van der Waals surface area (Å²) in [5.41, 5.74) is 0.707. The highest BCUT2D eigenvalue weighted by atomic mass is 16.5. The number of ether oxygens (including phenoxy) is 1. The van der Waals surface area contributed by atoms with Gasteiger partial charge in [0.05, 0.1) is 0 Å². The lowest BCUT2D eigenvalue weighted by molar-refractivity contribution is -0.302. The Balaban J connectivity index is 0.000000648. The van der Waals surface area contributed by atoms with E-state index in [0.29, 0.717) is 11.4 Å². The lowest BCUT2D eigenvalue weighted by atomic mass is 10.2. The van der Waals surface area contributed by atoms with E-state index in [0.717, 1.165) is 6.92 Å². The molecule has 0 saturated heterocycles. The Morgan fingerprint density at radius 1 is 1.00 bits per heavy atom. The van der Waals surface area contributed by atoms with Gasteiger partial charge in [-0.3, -0.25) is 4.79 Å². The van der Waals surface area contributed by atoms with Gasteiger partial charge in [0, 0.05) is 18.6 Å². The van der Waals surface area contributed by atoms with Crippen molar-refractivity contribution < 1.29 is 29.3 Å². The van der Waals surface area contributed by atoms with Crippen molar-refractivity contribution in [2.75, 3.05) is 5.32 Å². The molecule has 7 heteroatoms. The first-order valence-electron chi connectivity index (χ1n) is 6.85. The topological polar surface area (TPSA) is 116 Å². The summed E-state index contributed by atoms with van der Waals surface area (Å²) in [6, 6.07) is 12.5. The van der Waals surface area contributed by atoms with Crippen molar-refractivity contribution in [1.82, 2.24) is 0 Å². The Kier molecular flexibility index (Phi) is 6.97. The zero-order chi connectivity index (χ0) is 18.1. The van der Waals surface area contributed by atoms with Gasteiger partial charge in [-0.2, -0.15) is 0 Å². The van der Waals surface area contributed by atoms with Crippen LogP contribution in [0.2, 0.25) is 0 Å². The number of hydrogen-bond donors (Lipinski definition) is 2. The molecule has 0 spiro atoms. The normalized spacial score (nSPS) is 9.25. The second-order valence-electron chi connectivity index (χ2n) is 4.60. The number of benzene rings is 2. The minimum absolute atomic E-state index is 0.0958. The number of carboxylic acids is 1. The Morgan fingerprint density at radius 2 is 1.54 bits per heavy atom. The fourth-order valence-corrected chi connectivity index (χ4v) is 1.62. The highest BCUT2D eigenvalue weighted by molar-refractivity contribution is 5.94. The number of para-hydroxylation sites is 1. The van der Waals surface area contributed by atoms with E-state index >= 15 is 0 Å². The molecule has 0 heterocycles. The van der Waals surface area contributed by atoms with E-state index in [1.807, 2.05) is 0 Å². The monoisotopic (exact) mass is 330 g/mol. The molecule has 0 aromatic heterocycles. The second-order valence-corrected chi connectivity index (χ2v) is 4.60. The fourth-order valence-electron chi connectivity index (χ4n) is 1.62. The molecule has 0 saturated carbocycles. The van der Waals surface area contributed by atoms with Gasteiger partial charge in [-0.15, -0.1) is 0 Å². The van der Waals surface area contributed by atoms with Crippen LogP contribution in [-0.4, -0.2) is 23.0 Å². The minimum atomic E-state index is -1.08. The number of rotatable bonds is 3. The fraction of sp³-hybridized carbons (Fsp3) is 0.118. The number of esters is 1.